The average molecular weight is 376 g/mol. The summed E-state index contributed by atoms with van der Waals surface area (Å²) >= 11 is 0.279. The Bertz CT molecular complexity index is 927. The number of halogens is 2. The molecule has 0 fully saturated rings. The van der Waals surface area contributed by atoms with Crippen LogP contribution in [0.3, 0.4) is 0 Å². The highest BCUT2D eigenvalue weighted by atomic mass is 32.2. The highest BCUT2D eigenvalue weighted by Crippen LogP contribution is 2.29. The summed E-state index contributed by atoms with van der Waals surface area (Å²) in [7, 11) is 1.65. The first kappa shape index (κ1) is 18.4. The third kappa shape index (κ3) is 3.72. The minimum atomic E-state index is -2.63. The number of alkyl halides is 2. The Morgan fingerprint density at radius 1 is 1.27 bits per heavy atom. The first-order valence-corrected chi connectivity index (χ1v) is 9.03. The number of thioether (sulfide) groups is 1. The normalized spacial score (nSPS) is 11.3. The molecule has 0 bridgehead atoms. The lowest BCUT2D eigenvalue weighted by Gasteiger charge is -2.18. The van der Waals surface area contributed by atoms with Gasteiger partial charge in [-0.3, -0.25) is 4.79 Å². The number of carbonyl (C=O) groups excluding carboxylic acids is 1. The Kier molecular flexibility index (Phi) is 5.56. The topological polar surface area (TPSA) is 46.3 Å². The Hall–Kier alpha value is -2.41. The summed E-state index contributed by atoms with van der Waals surface area (Å²) in [5.41, 5.74) is 1.88. The van der Waals surface area contributed by atoms with E-state index in [0.29, 0.717) is 13.0 Å². The molecule has 0 radical (unpaired) electrons. The third-order valence-electron chi connectivity index (χ3n) is 4.05. The van der Waals surface area contributed by atoms with E-state index in [9.17, 15) is 13.6 Å². The lowest BCUT2D eigenvalue weighted by atomic mass is 10.1. The van der Waals surface area contributed by atoms with Crippen LogP contribution in [0.25, 0.3) is 11.0 Å². The summed E-state index contributed by atoms with van der Waals surface area (Å²) in [6.07, 6.45) is 2.10. The molecule has 7 heteroatoms. The van der Waals surface area contributed by atoms with Crippen molar-refractivity contribution in [2.45, 2.75) is 30.7 Å². The van der Waals surface area contributed by atoms with Gasteiger partial charge in [0.05, 0.1) is 5.56 Å². The zero-order chi connectivity index (χ0) is 18.7. The van der Waals surface area contributed by atoms with Gasteiger partial charge in [0.15, 0.2) is 0 Å². The number of rotatable bonds is 6. The number of furan rings is 1. The molecule has 0 spiro atoms. The molecule has 1 aromatic carbocycles. The standard InChI is InChI=1S/C19H18F2N2O2S/c1-3-15-14(12-7-4-5-9-16(12)25-15)11-23(2)18(24)13-8-6-10-22-17(13)26-19(20)21/h4-10,19H,3,11H2,1-2H3. The van der Waals surface area contributed by atoms with Gasteiger partial charge in [-0.2, -0.15) is 8.78 Å². The Morgan fingerprint density at radius 2 is 2.04 bits per heavy atom. The number of aryl methyl sites for hydroxylation is 1. The molecule has 26 heavy (non-hydrogen) atoms. The van der Waals surface area contributed by atoms with Crippen LogP contribution in [-0.2, 0) is 13.0 Å². The molecule has 0 N–H and O–H groups in total. The van der Waals surface area contributed by atoms with E-state index in [2.05, 4.69) is 4.98 Å². The van der Waals surface area contributed by atoms with Crippen molar-refractivity contribution >= 4 is 28.6 Å². The fourth-order valence-electron chi connectivity index (χ4n) is 2.85. The van der Waals surface area contributed by atoms with Crippen LogP contribution in [0.5, 0.6) is 0 Å². The smallest absolute Gasteiger partial charge is 0.290 e. The average Bonchev–Trinajstić information content (AvgIpc) is 2.99. The van der Waals surface area contributed by atoms with Crippen molar-refractivity contribution in [2.24, 2.45) is 0 Å². The van der Waals surface area contributed by atoms with Crippen molar-refractivity contribution in [3.8, 4) is 0 Å². The first-order valence-electron chi connectivity index (χ1n) is 8.15. The van der Waals surface area contributed by atoms with Crippen LogP contribution in [0.2, 0.25) is 0 Å². The van der Waals surface area contributed by atoms with Gasteiger partial charge in [-0.1, -0.05) is 25.1 Å². The van der Waals surface area contributed by atoms with Crippen LogP contribution < -0.4 is 0 Å². The molecule has 0 atom stereocenters. The van der Waals surface area contributed by atoms with Gasteiger partial charge < -0.3 is 9.32 Å². The number of hydrogen-bond acceptors (Lipinski definition) is 4. The summed E-state index contributed by atoms with van der Waals surface area (Å²) in [6, 6.07) is 10.7. The van der Waals surface area contributed by atoms with E-state index in [1.165, 1.54) is 17.2 Å². The van der Waals surface area contributed by atoms with E-state index in [0.717, 1.165) is 22.3 Å². The van der Waals surface area contributed by atoms with Crippen LogP contribution in [-0.4, -0.2) is 28.6 Å². The van der Waals surface area contributed by atoms with Crippen molar-refractivity contribution in [3.05, 3.63) is 59.5 Å². The van der Waals surface area contributed by atoms with Gasteiger partial charge in [0.2, 0.25) is 0 Å². The Labute approximate surface area is 154 Å². The highest BCUT2D eigenvalue weighted by molar-refractivity contribution is 7.99. The fraction of sp³-hybridized carbons (Fsp3) is 0.263. The van der Waals surface area contributed by atoms with Crippen molar-refractivity contribution in [1.29, 1.82) is 0 Å². The molecule has 0 aliphatic heterocycles. The predicted octanol–water partition coefficient (Wildman–Crippen LogP) is 4.98. The number of carbonyl (C=O) groups is 1. The summed E-state index contributed by atoms with van der Waals surface area (Å²) in [5.74, 6) is -2.17. The number of para-hydroxylation sites is 1. The number of pyridine rings is 1. The number of fused-ring (bicyclic) bond motifs is 1. The second-order valence-electron chi connectivity index (χ2n) is 5.75. The van der Waals surface area contributed by atoms with Crippen LogP contribution in [0.15, 0.2) is 52.0 Å². The van der Waals surface area contributed by atoms with Crippen LogP contribution in [0.1, 0.15) is 28.6 Å². The van der Waals surface area contributed by atoms with Crippen molar-refractivity contribution in [2.75, 3.05) is 7.05 Å². The summed E-state index contributed by atoms with van der Waals surface area (Å²) in [4.78, 5) is 18.2. The number of aromatic nitrogens is 1. The molecule has 4 nitrogen and oxygen atoms in total. The SMILES string of the molecule is CCc1oc2ccccc2c1CN(C)C(=O)c1cccnc1SC(F)F. The summed E-state index contributed by atoms with van der Waals surface area (Å²) in [5, 5.41) is 0.990. The summed E-state index contributed by atoms with van der Waals surface area (Å²) < 4.78 is 31.3. The third-order valence-corrected chi connectivity index (χ3v) is 4.77. The van der Waals surface area contributed by atoms with E-state index in [1.54, 1.807) is 13.1 Å². The molecule has 0 unspecified atom stereocenters. The van der Waals surface area contributed by atoms with Gasteiger partial charge in [-0.25, -0.2) is 4.98 Å². The maximum absolute atomic E-state index is 12.8. The van der Waals surface area contributed by atoms with Crippen LogP contribution in [0.4, 0.5) is 8.78 Å². The largest absolute Gasteiger partial charge is 0.461 e. The van der Waals surface area contributed by atoms with Crippen LogP contribution in [0, 0.1) is 0 Å². The summed E-state index contributed by atoms with van der Waals surface area (Å²) in [6.45, 7) is 2.31. The van der Waals surface area contributed by atoms with Gasteiger partial charge >= 0.3 is 0 Å². The molecule has 1 amide bonds. The maximum Gasteiger partial charge on any atom is 0.290 e. The van der Waals surface area contributed by atoms with E-state index in [1.807, 2.05) is 31.2 Å². The molecule has 3 rings (SSSR count). The minimum Gasteiger partial charge on any atom is -0.461 e. The van der Waals surface area contributed by atoms with Crippen molar-refractivity contribution in [1.82, 2.24) is 9.88 Å². The van der Waals surface area contributed by atoms with Crippen LogP contribution >= 0.6 is 11.8 Å². The maximum atomic E-state index is 12.8. The van der Waals surface area contributed by atoms with E-state index in [-0.39, 0.29) is 28.3 Å². The molecule has 136 valence electrons. The minimum absolute atomic E-state index is 0.0344. The van der Waals surface area contributed by atoms with Gasteiger partial charge in [0.25, 0.3) is 11.7 Å². The predicted molar refractivity (Wildman–Crippen MR) is 97.5 cm³/mol. The van der Waals surface area contributed by atoms with E-state index in [4.69, 9.17) is 4.42 Å². The second kappa shape index (κ2) is 7.86. The fourth-order valence-corrected chi connectivity index (χ4v) is 3.43. The number of benzene rings is 1. The number of hydrogen-bond donors (Lipinski definition) is 0. The Balaban J connectivity index is 1.89. The zero-order valence-corrected chi connectivity index (χ0v) is 15.2. The lowest BCUT2D eigenvalue weighted by molar-refractivity contribution is 0.0780. The molecule has 2 aromatic heterocycles. The molecular formula is C19H18F2N2O2S. The Morgan fingerprint density at radius 3 is 2.77 bits per heavy atom. The molecule has 3 aromatic rings. The monoisotopic (exact) mass is 376 g/mol. The van der Waals surface area contributed by atoms with Gasteiger partial charge in [0, 0.05) is 37.2 Å². The molecular weight excluding hydrogens is 358 g/mol. The van der Waals surface area contributed by atoms with Crippen molar-refractivity contribution in [3.63, 3.8) is 0 Å². The molecule has 0 aliphatic carbocycles. The zero-order valence-electron chi connectivity index (χ0n) is 14.4. The van der Waals surface area contributed by atoms with E-state index >= 15 is 0 Å². The lowest BCUT2D eigenvalue weighted by Crippen LogP contribution is -2.27. The number of nitrogens with zero attached hydrogens (tertiary/aromatic N) is 2. The van der Waals surface area contributed by atoms with Gasteiger partial charge in [-0.15, -0.1) is 0 Å². The number of amides is 1. The van der Waals surface area contributed by atoms with E-state index < -0.39 is 5.76 Å². The first-order chi connectivity index (χ1) is 12.5. The van der Waals surface area contributed by atoms with Crippen molar-refractivity contribution < 1.29 is 18.0 Å². The van der Waals surface area contributed by atoms with Gasteiger partial charge in [0.1, 0.15) is 16.4 Å². The molecule has 0 aliphatic rings. The van der Waals surface area contributed by atoms with Gasteiger partial charge in [-0.05, 0) is 30.0 Å². The highest BCUT2D eigenvalue weighted by Gasteiger charge is 2.22. The molecule has 2 heterocycles. The second-order valence-corrected chi connectivity index (χ2v) is 6.73. The quantitative estimate of drug-likeness (QED) is 0.570. The molecule has 0 saturated carbocycles. The molecule has 0 saturated heterocycles.